The summed E-state index contributed by atoms with van der Waals surface area (Å²) in [5.74, 6) is -0.171. The number of nitrogens with one attached hydrogen (secondary N) is 1. The van der Waals surface area contributed by atoms with Gasteiger partial charge in [-0.05, 0) is 31.5 Å². The van der Waals surface area contributed by atoms with Gasteiger partial charge in [0.05, 0.1) is 12.2 Å². The molecule has 1 heterocycles. The minimum atomic E-state index is -0.500. The van der Waals surface area contributed by atoms with Crippen LogP contribution in [0.5, 0.6) is 0 Å². The third-order valence-corrected chi connectivity index (χ3v) is 1.98. The van der Waals surface area contributed by atoms with Crippen LogP contribution in [0.3, 0.4) is 0 Å². The number of hydrogen-bond acceptors (Lipinski definition) is 2. The predicted molar refractivity (Wildman–Crippen MR) is 56.1 cm³/mol. The van der Waals surface area contributed by atoms with E-state index in [1.807, 2.05) is 19.1 Å². The summed E-state index contributed by atoms with van der Waals surface area (Å²) in [4.78, 5) is 15.2. The number of halogens is 1. The summed E-state index contributed by atoms with van der Waals surface area (Å²) in [7, 11) is 0. The van der Waals surface area contributed by atoms with E-state index >= 15 is 0 Å². The molecule has 1 atom stereocenters. The van der Waals surface area contributed by atoms with Crippen LogP contribution in [0.1, 0.15) is 18.2 Å². The first-order valence-corrected chi connectivity index (χ1v) is 4.86. The second-order valence-electron chi connectivity index (χ2n) is 3.16. The fraction of sp³-hybridized carbons (Fsp3) is 0.400. The van der Waals surface area contributed by atoms with Crippen molar-refractivity contribution in [3.8, 4) is 0 Å². The number of pyridine rings is 1. The molecule has 0 saturated carbocycles. The molecular formula is C10H13ClN2O. The second-order valence-corrected chi connectivity index (χ2v) is 3.81. The zero-order valence-corrected chi connectivity index (χ0v) is 9.01. The molecule has 0 bridgehead atoms. The minimum absolute atomic E-state index is 0.171. The maximum atomic E-state index is 11.1. The Bertz CT molecular complexity index is 326. The van der Waals surface area contributed by atoms with Crippen LogP contribution in [0.2, 0.25) is 0 Å². The first kappa shape index (κ1) is 11.0. The maximum absolute atomic E-state index is 11.1. The van der Waals surface area contributed by atoms with Crippen LogP contribution in [-0.4, -0.2) is 16.3 Å². The number of nitrogens with zero attached hydrogens (tertiary/aromatic N) is 1. The normalized spacial score (nSPS) is 12.2. The highest BCUT2D eigenvalue weighted by atomic mass is 35.5. The zero-order valence-electron chi connectivity index (χ0n) is 8.25. The average Bonchev–Trinajstić information content (AvgIpc) is 2.14. The monoisotopic (exact) mass is 212 g/mol. The third-order valence-electron chi connectivity index (χ3n) is 1.78. The van der Waals surface area contributed by atoms with Crippen molar-refractivity contribution in [2.24, 2.45) is 0 Å². The van der Waals surface area contributed by atoms with Gasteiger partial charge in [0.1, 0.15) is 5.38 Å². The van der Waals surface area contributed by atoms with Crippen LogP contribution >= 0.6 is 11.6 Å². The van der Waals surface area contributed by atoms with Crippen LogP contribution in [0.4, 0.5) is 0 Å². The van der Waals surface area contributed by atoms with E-state index in [4.69, 9.17) is 11.6 Å². The summed E-state index contributed by atoms with van der Waals surface area (Å²) in [5.41, 5.74) is 1.97. The predicted octanol–water partition coefficient (Wildman–Crippen LogP) is 1.63. The van der Waals surface area contributed by atoms with E-state index in [1.54, 1.807) is 13.1 Å². The van der Waals surface area contributed by atoms with Crippen molar-refractivity contribution >= 4 is 17.5 Å². The molecule has 4 heteroatoms. The molecule has 76 valence electrons. The molecule has 0 aliphatic rings. The van der Waals surface area contributed by atoms with E-state index < -0.39 is 5.38 Å². The molecule has 14 heavy (non-hydrogen) atoms. The summed E-state index contributed by atoms with van der Waals surface area (Å²) in [5, 5.41) is 2.19. The number of carbonyl (C=O) groups is 1. The Labute approximate surface area is 88.5 Å². The molecule has 1 unspecified atom stereocenters. The lowest BCUT2D eigenvalue weighted by Gasteiger charge is -2.05. The first-order chi connectivity index (χ1) is 6.59. The summed E-state index contributed by atoms with van der Waals surface area (Å²) in [6.07, 6.45) is 1.72. The summed E-state index contributed by atoms with van der Waals surface area (Å²) in [6.45, 7) is 4.05. The van der Waals surface area contributed by atoms with Crippen molar-refractivity contribution in [1.82, 2.24) is 10.3 Å². The fourth-order valence-electron chi connectivity index (χ4n) is 1.01. The SMILES string of the molecule is Cc1ccnc(CNC(=O)C(C)Cl)c1. The van der Waals surface area contributed by atoms with Gasteiger partial charge >= 0.3 is 0 Å². The Hall–Kier alpha value is -1.09. The number of rotatable bonds is 3. The van der Waals surface area contributed by atoms with Crippen molar-refractivity contribution in [3.05, 3.63) is 29.6 Å². The number of amides is 1. The standard InChI is InChI=1S/C10H13ClN2O/c1-7-3-4-12-9(5-7)6-13-10(14)8(2)11/h3-5,8H,6H2,1-2H3,(H,13,14). The smallest absolute Gasteiger partial charge is 0.238 e. The molecular weight excluding hydrogens is 200 g/mol. The highest BCUT2D eigenvalue weighted by molar-refractivity contribution is 6.30. The van der Waals surface area contributed by atoms with Crippen LogP contribution in [0.25, 0.3) is 0 Å². The number of aryl methyl sites for hydroxylation is 1. The summed E-state index contributed by atoms with van der Waals surface area (Å²) >= 11 is 5.59. The van der Waals surface area contributed by atoms with Gasteiger partial charge < -0.3 is 5.32 Å². The number of alkyl halides is 1. The van der Waals surface area contributed by atoms with Crippen molar-refractivity contribution in [3.63, 3.8) is 0 Å². The van der Waals surface area contributed by atoms with Crippen molar-refractivity contribution < 1.29 is 4.79 Å². The van der Waals surface area contributed by atoms with Crippen LogP contribution < -0.4 is 5.32 Å². The lowest BCUT2D eigenvalue weighted by molar-refractivity contribution is -0.120. The third kappa shape index (κ3) is 3.34. The van der Waals surface area contributed by atoms with Crippen LogP contribution in [0, 0.1) is 6.92 Å². The fourth-order valence-corrected chi connectivity index (χ4v) is 1.09. The van der Waals surface area contributed by atoms with Crippen molar-refractivity contribution in [2.75, 3.05) is 0 Å². The van der Waals surface area contributed by atoms with Gasteiger partial charge in [-0.2, -0.15) is 0 Å². The van der Waals surface area contributed by atoms with Gasteiger partial charge in [-0.25, -0.2) is 0 Å². The first-order valence-electron chi connectivity index (χ1n) is 4.43. The van der Waals surface area contributed by atoms with Gasteiger partial charge in [0.15, 0.2) is 0 Å². The molecule has 0 aliphatic heterocycles. The Morgan fingerprint density at radius 3 is 3.00 bits per heavy atom. The number of carbonyl (C=O) groups excluding carboxylic acids is 1. The Balaban J connectivity index is 2.50. The molecule has 1 amide bonds. The van der Waals surface area contributed by atoms with Gasteiger partial charge in [-0.1, -0.05) is 0 Å². The second kappa shape index (κ2) is 4.96. The molecule has 0 radical (unpaired) electrons. The van der Waals surface area contributed by atoms with Gasteiger partial charge in [-0.3, -0.25) is 9.78 Å². The van der Waals surface area contributed by atoms with E-state index in [1.165, 1.54) is 0 Å². The number of hydrogen-bond donors (Lipinski definition) is 1. The average molecular weight is 213 g/mol. The molecule has 0 fully saturated rings. The van der Waals surface area contributed by atoms with E-state index in [0.29, 0.717) is 6.54 Å². The maximum Gasteiger partial charge on any atom is 0.238 e. The van der Waals surface area contributed by atoms with E-state index in [9.17, 15) is 4.79 Å². The molecule has 0 aliphatic carbocycles. The number of aromatic nitrogens is 1. The molecule has 1 N–H and O–H groups in total. The van der Waals surface area contributed by atoms with E-state index in [0.717, 1.165) is 11.3 Å². The van der Waals surface area contributed by atoms with Crippen molar-refractivity contribution in [2.45, 2.75) is 25.8 Å². The quantitative estimate of drug-likeness (QED) is 0.774. The van der Waals surface area contributed by atoms with E-state index in [2.05, 4.69) is 10.3 Å². The largest absolute Gasteiger partial charge is 0.349 e. The van der Waals surface area contributed by atoms with E-state index in [-0.39, 0.29) is 5.91 Å². The van der Waals surface area contributed by atoms with Gasteiger partial charge in [0.25, 0.3) is 0 Å². The highest BCUT2D eigenvalue weighted by Crippen LogP contribution is 2.00. The summed E-state index contributed by atoms with van der Waals surface area (Å²) in [6, 6.07) is 3.84. The van der Waals surface area contributed by atoms with Crippen LogP contribution in [-0.2, 0) is 11.3 Å². The molecule has 1 rings (SSSR count). The molecule has 3 nitrogen and oxygen atoms in total. The van der Waals surface area contributed by atoms with Gasteiger partial charge in [-0.15, -0.1) is 11.6 Å². The molecule has 0 spiro atoms. The zero-order chi connectivity index (χ0) is 10.6. The Morgan fingerprint density at radius 1 is 1.71 bits per heavy atom. The topological polar surface area (TPSA) is 42.0 Å². The van der Waals surface area contributed by atoms with Gasteiger partial charge in [0.2, 0.25) is 5.91 Å². The van der Waals surface area contributed by atoms with Gasteiger partial charge in [0, 0.05) is 6.20 Å². The minimum Gasteiger partial charge on any atom is -0.349 e. The molecule has 1 aromatic rings. The highest BCUT2D eigenvalue weighted by Gasteiger charge is 2.07. The van der Waals surface area contributed by atoms with Crippen molar-refractivity contribution in [1.29, 1.82) is 0 Å². The lowest BCUT2D eigenvalue weighted by atomic mass is 10.2. The lowest BCUT2D eigenvalue weighted by Crippen LogP contribution is -2.29. The molecule has 0 saturated heterocycles. The Kier molecular flexibility index (Phi) is 3.89. The summed E-state index contributed by atoms with van der Waals surface area (Å²) < 4.78 is 0. The molecule has 0 aromatic carbocycles. The molecule has 1 aromatic heterocycles. The van der Waals surface area contributed by atoms with Crippen LogP contribution in [0.15, 0.2) is 18.3 Å². The Morgan fingerprint density at radius 2 is 2.43 bits per heavy atom.